The fraction of sp³-hybridized carbons (Fsp3) is 0.273. The van der Waals surface area contributed by atoms with E-state index in [0.29, 0.717) is 36.3 Å². The smallest absolute Gasteiger partial charge is 0.230 e. The van der Waals surface area contributed by atoms with Crippen LogP contribution in [0.15, 0.2) is 48.7 Å². The number of anilines is 1. The number of carbonyl (C=O) groups is 1. The molecule has 30 heavy (non-hydrogen) atoms. The number of benzene rings is 2. The molecule has 158 valence electrons. The second kappa shape index (κ2) is 10.1. The van der Waals surface area contributed by atoms with Crippen LogP contribution in [0.2, 0.25) is 5.02 Å². The molecule has 0 saturated heterocycles. The molecule has 0 spiro atoms. The Labute approximate surface area is 179 Å². The molecule has 1 heterocycles. The predicted molar refractivity (Wildman–Crippen MR) is 114 cm³/mol. The third-order valence-corrected chi connectivity index (χ3v) is 4.46. The third kappa shape index (κ3) is 5.73. The molecule has 2 aromatic carbocycles. The van der Waals surface area contributed by atoms with Crippen LogP contribution in [-0.2, 0) is 17.8 Å². The van der Waals surface area contributed by atoms with Crippen molar-refractivity contribution < 1.29 is 18.7 Å². The van der Waals surface area contributed by atoms with E-state index in [2.05, 4.69) is 10.4 Å². The number of rotatable bonds is 9. The van der Waals surface area contributed by atoms with Gasteiger partial charge in [-0.15, -0.1) is 0 Å². The molecule has 3 rings (SSSR count). The maximum absolute atomic E-state index is 13.3. The molecule has 0 bridgehead atoms. The normalized spacial score (nSPS) is 10.7. The van der Waals surface area contributed by atoms with Gasteiger partial charge in [-0.3, -0.25) is 9.48 Å². The highest BCUT2D eigenvalue weighted by Gasteiger charge is 2.13. The minimum Gasteiger partial charge on any atom is -0.490 e. The van der Waals surface area contributed by atoms with Crippen molar-refractivity contribution in [2.45, 2.75) is 26.8 Å². The first-order chi connectivity index (χ1) is 14.5. The van der Waals surface area contributed by atoms with Gasteiger partial charge in [-0.05, 0) is 49.2 Å². The highest BCUT2D eigenvalue weighted by Crippen LogP contribution is 2.29. The number of nitrogens with zero attached hydrogens (tertiary/aromatic N) is 2. The summed E-state index contributed by atoms with van der Waals surface area (Å²) >= 11 is 6.20. The third-order valence-electron chi connectivity index (χ3n) is 4.18. The quantitative estimate of drug-likeness (QED) is 0.533. The molecular weight excluding hydrogens is 409 g/mol. The van der Waals surface area contributed by atoms with Crippen LogP contribution in [0.3, 0.4) is 0 Å². The molecule has 0 aliphatic heterocycles. The molecule has 0 aliphatic rings. The zero-order valence-electron chi connectivity index (χ0n) is 16.8. The Balaban J connectivity index is 1.66. The number of amides is 1. The van der Waals surface area contributed by atoms with Gasteiger partial charge in [0.2, 0.25) is 5.91 Å². The van der Waals surface area contributed by atoms with E-state index in [9.17, 15) is 9.18 Å². The molecule has 1 amide bonds. The number of ether oxygens (including phenoxy) is 2. The van der Waals surface area contributed by atoms with E-state index in [1.54, 1.807) is 35.1 Å². The molecule has 0 saturated carbocycles. The topological polar surface area (TPSA) is 65.4 Å². The van der Waals surface area contributed by atoms with E-state index < -0.39 is 0 Å². The lowest BCUT2D eigenvalue weighted by Crippen LogP contribution is -2.15. The van der Waals surface area contributed by atoms with Crippen LogP contribution in [0.5, 0.6) is 11.5 Å². The highest BCUT2D eigenvalue weighted by atomic mass is 35.5. The molecular formula is C22H23ClFN3O3. The number of carbonyl (C=O) groups excluding carboxylic acids is 1. The first-order valence-corrected chi connectivity index (χ1v) is 10.0. The Morgan fingerprint density at radius 1 is 1.10 bits per heavy atom. The largest absolute Gasteiger partial charge is 0.490 e. The van der Waals surface area contributed by atoms with Crippen LogP contribution in [-0.4, -0.2) is 28.9 Å². The van der Waals surface area contributed by atoms with Crippen molar-refractivity contribution in [2.24, 2.45) is 0 Å². The zero-order valence-corrected chi connectivity index (χ0v) is 17.6. The van der Waals surface area contributed by atoms with Crippen LogP contribution in [0.4, 0.5) is 10.2 Å². The van der Waals surface area contributed by atoms with Gasteiger partial charge in [0.25, 0.3) is 0 Å². The second-order valence-electron chi connectivity index (χ2n) is 6.53. The summed E-state index contributed by atoms with van der Waals surface area (Å²) < 4.78 is 26.0. The molecule has 0 atom stereocenters. The summed E-state index contributed by atoms with van der Waals surface area (Å²) in [6.07, 6.45) is 1.71. The lowest BCUT2D eigenvalue weighted by molar-refractivity contribution is -0.115. The van der Waals surface area contributed by atoms with Crippen LogP contribution in [0.25, 0.3) is 0 Å². The zero-order chi connectivity index (χ0) is 21.5. The van der Waals surface area contributed by atoms with Crippen molar-refractivity contribution in [3.8, 4) is 11.5 Å². The van der Waals surface area contributed by atoms with Gasteiger partial charge in [0.1, 0.15) is 10.8 Å². The van der Waals surface area contributed by atoms with Crippen molar-refractivity contribution >= 4 is 23.3 Å². The van der Waals surface area contributed by atoms with Gasteiger partial charge in [-0.2, -0.15) is 5.10 Å². The summed E-state index contributed by atoms with van der Waals surface area (Å²) in [4.78, 5) is 12.5. The van der Waals surface area contributed by atoms with Gasteiger partial charge in [0, 0.05) is 6.20 Å². The lowest BCUT2D eigenvalue weighted by Gasteiger charge is -2.12. The Kier molecular flexibility index (Phi) is 7.30. The number of hydrogen-bond acceptors (Lipinski definition) is 4. The van der Waals surface area contributed by atoms with E-state index in [1.165, 1.54) is 12.1 Å². The van der Waals surface area contributed by atoms with Crippen LogP contribution >= 0.6 is 11.6 Å². The number of nitrogens with one attached hydrogen (secondary N) is 1. The molecule has 1 N–H and O–H groups in total. The highest BCUT2D eigenvalue weighted by molar-refractivity contribution is 6.33. The Bertz CT molecular complexity index is 1020. The average molecular weight is 432 g/mol. The summed E-state index contributed by atoms with van der Waals surface area (Å²) in [6, 6.07) is 11.6. The molecule has 1 aromatic heterocycles. The summed E-state index contributed by atoms with van der Waals surface area (Å²) in [5, 5.41) is 7.31. The Hall–Kier alpha value is -3.06. The number of hydrogen-bond donors (Lipinski definition) is 1. The first-order valence-electron chi connectivity index (χ1n) is 9.64. The maximum atomic E-state index is 13.3. The molecule has 8 heteroatoms. The van der Waals surface area contributed by atoms with Crippen molar-refractivity contribution in [3.05, 3.63) is 70.6 Å². The molecule has 3 aromatic rings. The van der Waals surface area contributed by atoms with Crippen molar-refractivity contribution in [1.82, 2.24) is 9.78 Å². The maximum Gasteiger partial charge on any atom is 0.230 e. The average Bonchev–Trinajstić information content (AvgIpc) is 3.02. The van der Waals surface area contributed by atoms with Crippen LogP contribution < -0.4 is 14.8 Å². The van der Waals surface area contributed by atoms with E-state index >= 15 is 0 Å². The van der Waals surface area contributed by atoms with Crippen molar-refractivity contribution in [1.29, 1.82) is 0 Å². The van der Waals surface area contributed by atoms with Gasteiger partial charge >= 0.3 is 0 Å². The minimum absolute atomic E-state index is 0.125. The second-order valence-corrected chi connectivity index (χ2v) is 6.93. The van der Waals surface area contributed by atoms with E-state index in [1.807, 2.05) is 19.9 Å². The Morgan fingerprint density at radius 3 is 2.60 bits per heavy atom. The van der Waals surface area contributed by atoms with E-state index in [4.69, 9.17) is 21.1 Å². The molecule has 0 radical (unpaired) electrons. The number of aromatic nitrogens is 2. The molecule has 0 unspecified atom stereocenters. The molecule has 0 aliphatic carbocycles. The van der Waals surface area contributed by atoms with Gasteiger partial charge in [0.05, 0.1) is 26.2 Å². The summed E-state index contributed by atoms with van der Waals surface area (Å²) in [6.45, 7) is 5.14. The van der Waals surface area contributed by atoms with Crippen molar-refractivity contribution in [2.75, 3.05) is 18.5 Å². The minimum atomic E-state index is -0.318. The predicted octanol–water partition coefficient (Wildman–Crippen LogP) is 4.70. The number of halogens is 2. The molecule has 6 nitrogen and oxygen atoms in total. The van der Waals surface area contributed by atoms with Crippen LogP contribution in [0.1, 0.15) is 25.0 Å². The van der Waals surface area contributed by atoms with Gasteiger partial charge in [0.15, 0.2) is 17.3 Å². The first kappa shape index (κ1) is 21.6. The standard InChI is InChI=1S/C22H23ClFN3O3/c1-3-29-19-9-8-15(11-20(19)30-4-2)12-21(28)25-22-18(23)14-27(26-22)13-16-6-5-7-17(24)10-16/h5-11,14H,3-4,12-13H2,1-2H3,(H,25,26,28). The van der Waals surface area contributed by atoms with Crippen molar-refractivity contribution in [3.63, 3.8) is 0 Å². The van der Waals surface area contributed by atoms with Gasteiger partial charge < -0.3 is 14.8 Å². The van der Waals surface area contributed by atoms with E-state index in [-0.39, 0.29) is 24.0 Å². The fourth-order valence-electron chi connectivity index (χ4n) is 2.95. The van der Waals surface area contributed by atoms with Crippen LogP contribution in [0, 0.1) is 5.82 Å². The summed E-state index contributed by atoms with van der Waals surface area (Å²) in [5.74, 6) is 0.916. The summed E-state index contributed by atoms with van der Waals surface area (Å²) in [7, 11) is 0. The monoisotopic (exact) mass is 431 g/mol. The Morgan fingerprint density at radius 2 is 1.87 bits per heavy atom. The van der Waals surface area contributed by atoms with Gasteiger partial charge in [-0.1, -0.05) is 29.8 Å². The van der Waals surface area contributed by atoms with E-state index in [0.717, 1.165) is 11.1 Å². The molecule has 0 fully saturated rings. The lowest BCUT2D eigenvalue weighted by atomic mass is 10.1. The summed E-state index contributed by atoms with van der Waals surface area (Å²) in [5.41, 5.74) is 1.51. The van der Waals surface area contributed by atoms with Gasteiger partial charge in [-0.25, -0.2) is 4.39 Å². The SMILES string of the molecule is CCOc1ccc(CC(=O)Nc2nn(Cc3cccc(F)c3)cc2Cl)cc1OCC. The fourth-order valence-corrected chi connectivity index (χ4v) is 3.15.